The standard InChI is InChI=1S/2CH2O3.K.Na.2H/c2*2-1(3)4;;;;/h2*(H2,2,3,4);;;;. The van der Waals surface area contributed by atoms with Crippen molar-refractivity contribution in [3.63, 3.8) is 0 Å². The molecule has 0 radical (unpaired) electrons. The fraction of sp³-hybridized carbons (Fsp3) is 0. The summed E-state index contributed by atoms with van der Waals surface area (Å²) in [5, 5.41) is 27.9. The van der Waals surface area contributed by atoms with Crippen LogP contribution in [-0.4, -0.2) is 114 Å². The number of carboxylic acid groups (broad SMARTS) is 4. The topological polar surface area (TPSA) is 115 Å². The summed E-state index contributed by atoms with van der Waals surface area (Å²) >= 11 is 0. The summed E-state index contributed by atoms with van der Waals surface area (Å²) in [4.78, 5) is 17.1. The second kappa shape index (κ2) is 16.6. The van der Waals surface area contributed by atoms with Crippen LogP contribution in [0.1, 0.15) is 0 Å². The Labute approximate surface area is 121 Å². The molecule has 0 heterocycles. The molecule has 0 spiro atoms. The van der Waals surface area contributed by atoms with Crippen LogP contribution in [0, 0.1) is 0 Å². The van der Waals surface area contributed by atoms with E-state index in [0.29, 0.717) is 0 Å². The molecule has 0 fully saturated rings. The normalized spacial score (nSPS) is 4.80. The summed E-state index contributed by atoms with van der Waals surface area (Å²) in [7, 11) is 0. The Morgan fingerprint density at radius 3 is 0.800 bits per heavy atom. The maximum atomic E-state index is 8.56. The molecule has 0 rings (SSSR count). The summed E-state index contributed by atoms with van der Waals surface area (Å²) in [6.45, 7) is 0. The van der Waals surface area contributed by atoms with Crippen LogP contribution in [0.25, 0.3) is 0 Å². The molecule has 0 atom stereocenters. The van der Waals surface area contributed by atoms with Gasteiger partial charge in [-0.25, -0.2) is 9.59 Å². The van der Waals surface area contributed by atoms with E-state index < -0.39 is 12.3 Å². The van der Waals surface area contributed by atoms with Crippen molar-refractivity contribution in [2.24, 2.45) is 0 Å². The van der Waals surface area contributed by atoms with Crippen LogP contribution in [0.2, 0.25) is 0 Å². The van der Waals surface area contributed by atoms with Crippen LogP contribution in [-0.2, 0) is 0 Å². The van der Waals surface area contributed by atoms with Gasteiger partial charge in [0.1, 0.15) is 0 Å². The molecule has 6 nitrogen and oxygen atoms in total. The van der Waals surface area contributed by atoms with Crippen molar-refractivity contribution in [1.29, 1.82) is 0 Å². The number of hydrogen-bond acceptors (Lipinski definition) is 2. The Morgan fingerprint density at radius 1 is 0.800 bits per heavy atom. The minimum absolute atomic E-state index is 0. The molecule has 0 aliphatic rings. The van der Waals surface area contributed by atoms with Crippen molar-refractivity contribution in [2.45, 2.75) is 0 Å². The zero-order valence-electron chi connectivity index (χ0n) is 3.61. The third-order valence-electron chi connectivity index (χ3n) is 0. The van der Waals surface area contributed by atoms with Gasteiger partial charge in [-0.1, -0.05) is 0 Å². The van der Waals surface area contributed by atoms with Gasteiger partial charge in [0, 0.05) is 0 Å². The van der Waals surface area contributed by atoms with Crippen molar-refractivity contribution in [3.8, 4) is 0 Å². The molecule has 8 heteroatoms. The Hall–Kier alpha value is 1.18. The first kappa shape index (κ1) is 22.5. The molecular formula is C2H6KNaO6. The van der Waals surface area contributed by atoms with Gasteiger partial charge in [0.25, 0.3) is 0 Å². The Bertz CT molecular complexity index is 73.7. The van der Waals surface area contributed by atoms with Crippen molar-refractivity contribution in [3.05, 3.63) is 0 Å². The van der Waals surface area contributed by atoms with E-state index in [2.05, 4.69) is 0 Å². The minimum atomic E-state index is -1.83. The van der Waals surface area contributed by atoms with E-state index in [9.17, 15) is 0 Å². The second-order valence-corrected chi connectivity index (χ2v) is 0.565. The molecule has 0 unspecified atom stereocenters. The monoisotopic (exact) mass is 188 g/mol. The average Bonchev–Trinajstić information content (AvgIpc) is 1.25. The first-order valence-corrected chi connectivity index (χ1v) is 1.30. The van der Waals surface area contributed by atoms with Crippen LogP contribution in [0.5, 0.6) is 0 Å². The van der Waals surface area contributed by atoms with Gasteiger partial charge in [-0.2, -0.15) is 0 Å². The molecule has 4 N–H and O–H groups in total. The SMILES string of the molecule is O=C(O)O.O=C(O)O.[KH].[NaH]. The van der Waals surface area contributed by atoms with Crippen LogP contribution >= 0.6 is 0 Å². The van der Waals surface area contributed by atoms with Gasteiger partial charge in [-0.15, -0.1) is 0 Å². The van der Waals surface area contributed by atoms with Crippen molar-refractivity contribution in [1.82, 2.24) is 0 Å². The van der Waals surface area contributed by atoms with E-state index in [1.165, 1.54) is 0 Å². The molecule has 0 aromatic carbocycles. The Balaban J connectivity index is -0.0000000300. The number of hydrogen-bond donors (Lipinski definition) is 4. The van der Waals surface area contributed by atoms with Gasteiger partial charge < -0.3 is 20.4 Å². The van der Waals surface area contributed by atoms with Crippen LogP contribution in [0.4, 0.5) is 9.59 Å². The molecule has 0 bridgehead atoms. The summed E-state index contributed by atoms with van der Waals surface area (Å²) in [6.07, 6.45) is -3.67. The maximum absolute atomic E-state index is 8.56. The van der Waals surface area contributed by atoms with Gasteiger partial charge >= 0.3 is 93.3 Å². The number of rotatable bonds is 0. The molecule has 0 saturated carbocycles. The summed E-state index contributed by atoms with van der Waals surface area (Å²) in [5.74, 6) is 0. The van der Waals surface area contributed by atoms with Crippen molar-refractivity contribution < 1.29 is 30.0 Å². The van der Waals surface area contributed by atoms with Gasteiger partial charge in [0.05, 0.1) is 0 Å². The second-order valence-electron chi connectivity index (χ2n) is 0.565. The third-order valence-corrected chi connectivity index (χ3v) is 0. The first-order chi connectivity index (χ1) is 3.46. The zero-order chi connectivity index (χ0) is 7.15. The predicted molar refractivity (Wildman–Crippen MR) is 35.6 cm³/mol. The molecule has 10 heavy (non-hydrogen) atoms. The van der Waals surface area contributed by atoms with E-state index >= 15 is 0 Å². The Morgan fingerprint density at radius 2 is 0.800 bits per heavy atom. The zero-order valence-corrected chi connectivity index (χ0v) is 3.61. The third kappa shape index (κ3) is 443. The molecular weight excluding hydrogens is 182 g/mol. The Kier molecular flexibility index (Phi) is 37.4. The molecule has 52 valence electrons. The van der Waals surface area contributed by atoms with E-state index in [1.807, 2.05) is 0 Å². The quantitative estimate of drug-likeness (QED) is 0.368. The van der Waals surface area contributed by atoms with Crippen LogP contribution in [0.15, 0.2) is 0 Å². The predicted octanol–water partition coefficient (Wildman–Crippen LogP) is -0.852. The fourth-order valence-corrected chi connectivity index (χ4v) is 0. The fourth-order valence-electron chi connectivity index (χ4n) is 0. The average molecular weight is 188 g/mol. The summed E-state index contributed by atoms with van der Waals surface area (Å²) in [6, 6.07) is 0. The molecule has 0 aromatic rings. The van der Waals surface area contributed by atoms with Crippen LogP contribution < -0.4 is 0 Å². The molecule has 0 amide bonds. The van der Waals surface area contributed by atoms with Gasteiger partial charge in [0.15, 0.2) is 0 Å². The van der Waals surface area contributed by atoms with Gasteiger partial charge in [-0.05, 0) is 0 Å². The first-order valence-electron chi connectivity index (χ1n) is 1.30. The molecule has 0 saturated heterocycles. The van der Waals surface area contributed by atoms with Gasteiger partial charge in [-0.3, -0.25) is 0 Å². The van der Waals surface area contributed by atoms with Crippen molar-refractivity contribution >= 4 is 93.3 Å². The van der Waals surface area contributed by atoms with E-state index in [0.717, 1.165) is 0 Å². The molecule has 0 aliphatic heterocycles. The van der Waals surface area contributed by atoms with Crippen molar-refractivity contribution in [2.75, 3.05) is 0 Å². The molecule has 0 aromatic heterocycles. The van der Waals surface area contributed by atoms with E-state index in [1.54, 1.807) is 0 Å². The summed E-state index contributed by atoms with van der Waals surface area (Å²) < 4.78 is 0. The van der Waals surface area contributed by atoms with E-state index in [-0.39, 0.29) is 80.9 Å². The van der Waals surface area contributed by atoms with Crippen LogP contribution in [0.3, 0.4) is 0 Å². The summed E-state index contributed by atoms with van der Waals surface area (Å²) in [5.41, 5.74) is 0. The van der Waals surface area contributed by atoms with E-state index in [4.69, 9.17) is 30.0 Å². The number of carbonyl (C=O) groups is 2. The molecule has 0 aliphatic carbocycles. The van der Waals surface area contributed by atoms with Gasteiger partial charge in [0.2, 0.25) is 0 Å².